The second-order valence-electron chi connectivity index (χ2n) is 7.19. The first kappa shape index (κ1) is 16.7. The lowest BCUT2D eigenvalue weighted by Crippen LogP contribution is -2.19. The van der Waals surface area contributed by atoms with E-state index in [0.717, 1.165) is 30.0 Å². The molecule has 5 nitrogen and oxygen atoms in total. The van der Waals surface area contributed by atoms with Crippen molar-refractivity contribution in [2.75, 3.05) is 23.3 Å². The lowest BCUT2D eigenvalue weighted by Gasteiger charge is -2.16. The third-order valence-electron chi connectivity index (χ3n) is 5.42. The van der Waals surface area contributed by atoms with Gasteiger partial charge in [-0.2, -0.15) is 0 Å². The number of amides is 1. The number of rotatable bonds is 3. The quantitative estimate of drug-likeness (QED) is 0.589. The van der Waals surface area contributed by atoms with Crippen molar-refractivity contribution in [2.24, 2.45) is 0 Å². The highest BCUT2D eigenvalue weighted by Crippen LogP contribution is 2.36. The Morgan fingerprint density at radius 2 is 1.64 bits per heavy atom. The number of fused-ring (bicyclic) bond motifs is 3. The molecule has 28 heavy (non-hydrogen) atoms. The van der Waals surface area contributed by atoms with E-state index in [9.17, 15) is 9.59 Å². The maximum Gasteiger partial charge on any atom is 0.255 e. The first-order valence-corrected chi connectivity index (χ1v) is 9.51. The lowest BCUT2D eigenvalue weighted by atomic mass is 10.0. The van der Waals surface area contributed by atoms with E-state index in [2.05, 4.69) is 15.2 Å². The largest absolute Gasteiger partial charge is 0.357 e. The standard InChI is InChI=1S/C23H19N3O2/c27-22-19-6-2-1-5-17(19)18-9-7-15(13-20(18)22)23(28)25-16-8-10-21(24-14-16)26-11-3-4-12-26/h1-2,5-10,13-14H,3-4,11-12H2,(H,25,28). The second kappa shape index (κ2) is 6.60. The smallest absolute Gasteiger partial charge is 0.255 e. The summed E-state index contributed by atoms with van der Waals surface area (Å²) in [5.74, 6) is 0.663. The summed E-state index contributed by atoms with van der Waals surface area (Å²) in [5.41, 5.74) is 4.18. The Hall–Kier alpha value is -3.47. The van der Waals surface area contributed by atoms with Crippen LogP contribution in [0.15, 0.2) is 60.8 Å². The van der Waals surface area contributed by atoms with Gasteiger partial charge in [0.05, 0.1) is 11.9 Å². The molecule has 138 valence electrons. The molecule has 1 aliphatic carbocycles. The molecule has 3 aromatic rings. The number of hydrogen-bond acceptors (Lipinski definition) is 4. The maximum atomic E-state index is 12.7. The van der Waals surface area contributed by atoms with Crippen LogP contribution in [-0.4, -0.2) is 29.8 Å². The van der Waals surface area contributed by atoms with Gasteiger partial charge in [-0.1, -0.05) is 30.3 Å². The molecule has 1 saturated heterocycles. The van der Waals surface area contributed by atoms with Crippen molar-refractivity contribution in [3.63, 3.8) is 0 Å². The average Bonchev–Trinajstić information content (AvgIpc) is 3.36. The molecule has 0 spiro atoms. The molecule has 1 N–H and O–H groups in total. The van der Waals surface area contributed by atoms with Gasteiger partial charge in [0.25, 0.3) is 5.91 Å². The molecule has 5 rings (SSSR count). The molecular weight excluding hydrogens is 350 g/mol. The van der Waals surface area contributed by atoms with Crippen molar-refractivity contribution >= 4 is 23.2 Å². The molecule has 0 unspecified atom stereocenters. The molecule has 1 aromatic heterocycles. The molecule has 0 bridgehead atoms. The van der Waals surface area contributed by atoms with E-state index < -0.39 is 0 Å². The van der Waals surface area contributed by atoms with Gasteiger partial charge in [0.1, 0.15) is 5.82 Å². The van der Waals surface area contributed by atoms with Gasteiger partial charge in [-0.25, -0.2) is 4.98 Å². The van der Waals surface area contributed by atoms with Crippen LogP contribution in [0.3, 0.4) is 0 Å². The Kier molecular flexibility index (Phi) is 3.93. The van der Waals surface area contributed by atoms with Crippen molar-refractivity contribution in [1.82, 2.24) is 4.98 Å². The van der Waals surface area contributed by atoms with E-state index in [1.165, 1.54) is 12.8 Å². The maximum absolute atomic E-state index is 12.7. The number of carbonyl (C=O) groups excluding carboxylic acids is 2. The summed E-state index contributed by atoms with van der Waals surface area (Å²) in [6.07, 6.45) is 4.07. The molecule has 0 saturated carbocycles. The Morgan fingerprint density at radius 3 is 2.39 bits per heavy atom. The highest BCUT2D eigenvalue weighted by Gasteiger charge is 2.27. The molecule has 1 fully saturated rings. The van der Waals surface area contributed by atoms with E-state index in [4.69, 9.17) is 0 Å². The van der Waals surface area contributed by atoms with E-state index in [-0.39, 0.29) is 11.7 Å². The number of nitrogens with zero attached hydrogens (tertiary/aromatic N) is 2. The normalized spacial score (nSPS) is 14.7. The summed E-state index contributed by atoms with van der Waals surface area (Å²) in [5, 5.41) is 2.87. The van der Waals surface area contributed by atoms with Gasteiger partial charge in [-0.15, -0.1) is 0 Å². The number of ketones is 1. The summed E-state index contributed by atoms with van der Waals surface area (Å²) < 4.78 is 0. The van der Waals surface area contributed by atoms with Crippen LogP contribution in [0.4, 0.5) is 11.5 Å². The summed E-state index contributed by atoms with van der Waals surface area (Å²) in [6.45, 7) is 2.06. The van der Waals surface area contributed by atoms with Gasteiger partial charge in [-0.05, 0) is 48.2 Å². The molecule has 1 aliphatic heterocycles. The van der Waals surface area contributed by atoms with Crippen molar-refractivity contribution in [3.8, 4) is 11.1 Å². The summed E-state index contributed by atoms with van der Waals surface area (Å²) >= 11 is 0. The van der Waals surface area contributed by atoms with E-state index >= 15 is 0 Å². The van der Waals surface area contributed by atoms with E-state index in [0.29, 0.717) is 22.4 Å². The highest BCUT2D eigenvalue weighted by atomic mass is 16.1. The van der Waals surface area contributed by atoms with Crippen LogP contribution in [0, 0.1) is 0 Å². The van der Waals surface area contributed by atoms with Gasteiger partial charge in [0.2, 0.25) is 0 Å². The van der Waals surface area contributed by atoms with Crippen LogP contribution in [0.5, 0.6) is 0 Å². The summed E-state index contributed by atoms with van der Waals surface area (Å²) in [4.78, 5) is 32.0. The SMILES string of the molecule is O=C(Nc1ccc(N2CCCC2)nc1)c1ccc2c(c1)C(=O)c1ccccc1-2. The molecule has 2 heterocycles. The fraction of sp³-hybridized carbons (Fsp3) is 0.174. The zero-order valence-corrected chi connectivity index (χ0v) is 15.3. The first-order chi connectivity index (χ1) is 13.7. The van der Waals surface area contributed by atoms with Crippen LogP contribution in [0.25, 0.3) is 11.1 Å². The molecule has 1 amide bonds. The zero-order valence-electron chi connectivity index (χ0n) is 15.3. The molecule has 0 atom stereocenters. The lowest BCUT2D eigenvalue weighted by molar-refractivity contribution is 0.102. The number of pyridine rings is 1. The van der Waals surface area contributed by atoms with Crippen molar-refractivity contribution in [3.05, 3.63) is 77.5 Å². The minimum absolute atomic E-state index is 0.0307. The fourth-order valence-electron chi connectivity index (χ4n) is 3.97. The van der Waals surface area contributed by atoms with Gasteiger partial charge in [0.15, 0.2) is 5.78 Å². The molecule has 5 heteroatoms. The van der Waals surface area contributed by atoms with Crippen molar-refractivity contribution in [1.29, 1.82) is 0 Å². The van der Waals surface area contributed by atoms with Gasteiger partial charge >= 0.3 is 0 Å². The number of aromatic nitrogens is 1. The van der Waals surface area contributed by atoms with E-state index in [1.807, 2.05) is 42.5 Å². The Balaban J connectivity index is 1.36. The Bertz CT molecular complexity index is 1080. The highest BCUT2D eigenvalue weighted by molar-refractivity contribution is 6.22. The molecule has 0 radical (unpaired) electrons. The molecule has 2 aliphatic rings. The van der Waals surface area contributed by atoms with Crippen LogP contribution in [0.2, 0.25) is 0 Å². The monoisotopic (exact) mass is 369 g/mol. The Morgan fingerprint density at radius 1 is 0.893 bits per heavy atom. The van der Waals surface area contributed by atoms with Gasteiger partial charge in [-0.3, -0.25) is 9.59 Å². The fourth-order valence-corrected chi connectivity index (χ4v) is 3.97. The number of benzene rings is 2. The third-order valence-corrected chi connectivity index (χ3v) is 5.42. The second-order valence-corrected chi connectivity index (χ2v) is 7.19. The van der Waals surface area contributed by atoms with Crippen molar-refractivity contribution < 1.29 is 9.59 Å². The topological polar surface area (TPSA) is 62.3 Å². The minimum atomic E-state index is -0.248. The first-order valence-electron chi connectivity index (χ1n) is 9.51. The van der Waals surface area contributed by atoms with Crippen LogP contribution >= 0.6 is 0 Å². The summed E-state index contributed by atoms with van der Waals surface area (Å²) in [7, 11) is 0. The van der Waals surface area contributed by atoms with Crippen LogP contribution < -0.4 is 10.2 Å². The number of nitrogens with one attached hydrogen (secondary N) is 1. The molecule has 2 aromatic carbocycles. The predicted octanol–water partition coefficient (Wildman–Crippen LogP) is 4.15. The average molecular weight is 369 g/mol. The predicted molar refractivity (Wildman–Crippen MR) is 109 cm³/mol. The van der Waals surface area contributed by atoms with Crippen molar-refractivity contribution in [2.45, 2.75) is 12.8 Å². The summed E-state index contributed by atoms with van der Waals surface area (Å²) in [6, 6.07) is 16.6. The van der Waals surface area contributed by atoms with Crippen LogP contribution in [-0.2, 0) is 0 Å². The molecular formula is C23H19N3O2. The van der Waals surface area contributed by atoms with E-state index in [1.54, 1.807) is 18.3 Å². The number of hydrogen-bond donors (Lipinski definition) is 1. The van der Waals surface area contributed by atoms with Gasteiger partial charge < -0.3 is 10.2 Å². The third kappa shape index (κ3) is 2.76. The van der Waals surface area contributed by atoms with Gasteiger partial charge in [0, 0.05) is 29.8 Å². The minimum Gasteiger partial charge on any atom is -0.357 e. The van der Waals surface area contributed by atoms with Crippen LogP contribution in [0.1, 0.15) is 39.1 Å². The number of carbonyl (C=O) groups is 2. The number of anilines is 2. The Labute approximate surface area is 163 Å². The zero-order chi connectivity index (χ0) is 19.1.